The van der Waals surface area contributed by atoms with Crippen molar-refractivity contribution in [3.05, 3.63) is 95.1 Å². The molecule has 0 radical (unpaired) electrons. The number of hydrogen-bond acceptors (Lipinski definition) is 4. The van der Waals surface area contributed by atoms with Crippen LogP contribution in [0.25, 0.3) is 0 Å². The van der Waals surface area contributed by atoms with Crippen molar-refractivity contribution in [2.75, 3.05) is 13.7 Å². The summed E-state index contributed by atoms with van der Waals surface area (Å²) < 4.78 is 11.4. The van der Waals surface area contributed by atoms with Gasteiger partial charge in [0.05, 0.1) is 13.2 Å². The molecule has 0 saturated heterocycles. The second kappa shape index (κ2) is 9.93. The van der Waals surface area contributed by atoms with Gasteiger partial charge in [-0.05, 0) is 35.7 Å². The van der Waals surface area contributed by atoms with Gasteiger partial charge in [0.1, 0.15) is 6.61 Å². The number of aliphatic hydroxyl groups excluding tert-OH is 1. The van der Waals surface area contributed by atoms with Crippen molar-refractivity contribution in [2.24, 2.45) is 0 Å². The van der Waals surface area contributed by atoms with E-state index in [4.69, 9.17) is 9.47 Å². The summed E-state index contributed by atoms with van der Waals surface area (Å²) in [6.45, 7) is 3.69. The third kappa shape index (κ3) is 5.59. The molecule has 0 aliphatic carbocycles. The molecule has 3 aromatic carbocycles. The van der Waals surface area contributed by atoms with Crippen LogP contribution >= 0.6 is 0 Å². The minimum absolute atomic E-state index is 0.484. The Bertz CT molecular complexity index is 863. The van der Waals surface area contributed by atoms with E-state index in [9.17, 15) is 5.11 Å². The first-order chi connectivity index (χ1) is 13.7. The van der Waals surface area contributed by atoms with Crippen LogP contribution in [-0.4, -0.2) is 18.8 Å². The molecular formula is C24H27NO3. The zero-order valence-electron chi connectivity index (χ0n) is 16.4. The molecule has 4 heteroatoms. The molecule has 3 rings (SSSR count). The van der Waals surface area contributed by atoms with Crippen LogP contribution in [0, 0.1) is 6.92 Å². The molecule has 28 heavy (non-hydrogen) atoms. The van der Waals surface area contributed by atoms with Crippen LogP contribution < -0.4 is 14.8 Å². The van der Waals surface area contributed by atoms with Crippen molar-refractivity contribution < 1.29 is 14.6 Å². The van der Waals surface area contributed by atoms with E-state index in [1.165, 1.54) is 5.56 Å². The summed E-state index contributed by atoms with van der Waals surface area (Å²) in [5.74, 6) is 1.42. The van der Waals surface area contributed by atoms with Crippen molar-refractivity contribution in [1.29, 1.82) is 0 Å². The summed E-state index contributed by atoms with van der Waals surface area (Å²) in [7, 11) is 1.64. The number of aliphatic hydroxyl groups is 1. The molecule has 1 atom stereocenters. The van der Waals surface area contributed by atoms with Gasteiger partial charge in [-0.25, -0.2) is 0 Å². The zero-order chi connectivity index (χ0) is 19.8. The molecule has 0 aromatic heterocycles. The van der Waals surface area contributed by atoms with E-state index in [1.807, 2.05) is 48.5 Å². The van der Waals surface area contributed by atoms with E-state index in [0.29, 0.717) is 25.4 Å². The van der Waals surface area contributed by atoms with Gasteiger partial charge in [-0.3, -0.25) is 0 Å². The van der Waals surface area contributed by atoms with Gasteiger partial charge in [0, 0.05) is 13.1 Å². The maximum Gasteiger partial charge on any atom is 0.161 e. The highest BCUT2D eigenvalue weighted by Crippen LogP contribution is 2.29. The highest BCUT2D eigenvalue weighted by atomic mass is 16.5. The first-order valence-corrected chi connectivity index (χ1v) is 9.44. The highest BCUT2D eigenvalue weighted by molar-refractivity contribution is 5.43. The maximum atomic E-state index is 10.2. The van der Waals surface area contributed by atoms with Crippen molar-refractivity contribution in [3.63, 3.8) is 0 Å². The molecule has 2 N–H and O–H groups in total. The maximum absolute atomic E-state index is 10.2. The van der Waals surface area contributed by atoms with Gasteiger partial charge in [-0.15, -0.1) is 0 Å². The van der Waals surface area contributed by atoms with Crippen LogP contribution in [0.5, 0.6) is 11.5 Å². The van der Waals surface area contributed by atoms with Crippen LogP contribution in [0.4, 0.5) is 0 Å². The molecule has 0 bridgehead atoms. The second-order valence-corrected chi connectivity index (χ2v) is 6.82. The van der Waals surface area contributed by atoms with Crippen molar-refractivity contribution in [2.45, 2.75) is 26.2 Å². The quantitative estimate of drug-likeness (QED) is 0.580. The Kier molecular flexibility index (Phi) is 7.06. The summed E-state index contributed by atoms with van der Waals surface area (Å²) in [4.78, 5) is 0. The summed E-state index contributed by atoms with van der Waals surface area (Å²) in [5, 5.41) is 13.5. The zero-order valence-corrected chi connectivity index (χ0v) is 16.4. The van der Waals surface area contributed by atoms with E-state index in [2.05, 4.69) is 36.5 Å². The third-order valence-electron chi connectivity index (χ3n) is 4.59. The van der Waals surface area contributed by atoms with Crippen molar-refractivity contribution in [1.82, 2.24) is 5.32 Å². The lowest BCUT2D eigenvalue weighted by atomic mass is 10.1. The summed E-state index contributed by atoms with van der Waals surface area (Å²) in [6.07, 6.45) is -0.528. The van der Waals surface area contributed by atoms with E-state index in [0.717, 1.165) is 22.4 Å². The van der Waals surface area contributed by atoms with Gasteiger partial charge < -0.3 is 19.9 Å². The molecule has 0 heterocycles. The van der Waals surface area contributed by atoms with Crippen LogP contribution in [0.3, 0.4) is 0 Å². The Hall–Kier alpha value is -2.82. The van der Waals surface area contributed by atoms with Gasteiger partial charge in [0.25, 0.3) is 0 Å². The molecule has 0 unspecified atom stereocenters. The number of hydrogen-bond donors (Lipinski definition) is 2. The Morgan fingerprint density at radius 3 is 2.32 bits per heavy atom. The number of rotatable bonds is 9. The van der Waals surface area contributed by atoms with Gasteiger partial charge in [0.2, 0.25) is 0 Å². The molecule has 146 valence electrons. The standard InChI is InChI=1S/C24H27NO3/c1-18-8-10-19(11-9-18)17-28-23-13-12-20(14-24(23)27-2)15-25-16-22(26)21-6-4-3-5-7-21/h3-14,22,25-26H,15-17H2,1-2H3/t22-/m0/s1. The van der Waals surface area contributed by atoms with E-state index < -0.39 is 6.10 Å². The fourth-order valence-electron chi connectivity index (χ4n) is 2.93. The monoisotopic (exact) mass is 377 g/mol. The minimum atomic E-state index is -0.528. The number of aryl methyl sites for hydroxylation is 1. The van der Waals surface area contributed by atoms with Crippen LogP contribution in [0.1, 0.15) is 28.4 Å². The lowest BCUT2D eigenvalue weighted by Gasteiger charge is -2.14. The third-order valence-corrected chi connectivity index (χ3v) is 4.59. The lowest BCUT2D eigenvalue weighted by Crippen LogP contribution is -2.21. The number of benzene rings is 3. The SMILES string of the molecule is COc1cc(CNC[C@H](O)c2ccccc2)ccc1OCc1ccc(C)cc1. The fourth-order valence-corrected chi connectivity index (χ4v) is 2.93. The van der Waals surface area contributed by atoms with Gasteiger partial charge in [-0.1, -0.05) is 66.2 Å². The normalized spacial score (nSPS) is 11.8. The molecule has 0 amide bonds. The average molecular weight is 377 g/mol. The first-order valence-electron chi connectivity index (χ1n) is 9.44. The molecule has 0 aliphatic heterocycles. The Labute approximate surface area is 166 Å². The van der Waals surface area contributed by atoms with Crippen LogP contribution in [0.2, 0.25) is 0 Å². The van der Waals surface area contributed by atoms with E-state index in [1.54, 1.807) is 7.11 Å². The average Bonchev–Trinajstić information content (AvgIpc) is 2.74. The smallest absolute Gasteiger partial charge is 0.161 e. The molecule has 0 spiro atoms. The molecule has 0 saturated carbocycles. The summed E-state index contributed by atoms with van der Waals surface area (Å²) in [6, 6.07) is 23.8. The molecular weight excluding hydrogens is 350 g/mol. The lowest BCUT2D eigenvalue weighted by molar-refractivity contribution is 0.174. The van der Waals surface area contributed by atoms with Crippen molar-refractivity contribution >= 4 is 0 Å². The summed E-state index contributed by atoms with van der Waals surface area (Å²) in [5.41, 5.74) is 4.33. The van der Waals surface area contributed by atoms with E-state index in [-0.39, 0.29) is 0 Å². The van der Waals surface area contributed by atoms with Crippen LogP contribution in [-0.2, 0) is 13.2 Å². The molecule has 0 aliphatic rings. The molecule has 4 nitrogen and oxygen atoms in total. The predicted molar refractivity (Wildman–Crippen MR) is 112 cm³/mol. The Morgan fingerprint density at radius 2 is 1.61 bits per heavy atom. The number of methoxy groups -OCH3 is 1. The second-order valence-electron chi connectivity index (χ2n) is 6.82. The Morgan fingerprint density at radius 1 is 0.893 bits per heavy atom. The van der Waals surface area contributed by atoms with Crippen molar-refractivity contribution in [3.8, 4) is 11.5 Å². The molecule has 3 aromatic rings. The van der Waals surface area contributed by atoms with Gasteiger partial charge in [-0.2, -0.15) is 0 Å². The summed E-state index contributed by atoms with van der Waals surface area (Å²) >= 11 is 0. The van der Waals surface area contributed by atoms with Gasteiger partial charge >= 0.3 is 0 Å². The van der Waals surface area contributed by atoms with E-state index >= 15 is 0 Å². The minimum Gasteiger partial charge on any atom is -0.493 e. The van der Waals surface area contributed by atoms with Gasteiger partial charge in [0.15, 0.2) is 11.5 Å². The van der Waals surface area contributed by atoms with Crippen LogP contribution in [0.15, 0.2) is 72.8 Å². The predicted octanol–water partition coefficient (Wildman–Crippen LogP) is 4.41. The number of nitrogens with one attached hydrogen (secondary N) is 1. The largest absolute Gasteiger partial charge is 0.493 e. The number of ether oxygens (including phenoxy) is 2. The Balaban J connectivity index is 1.54. The highest BCUT2D eigenvalue weighted by Gasteiger charge is 2.09. The topological polar surface area (TPSA) is 50.7 Å². The fraction of sp³-hybridized carbons (Fsp3) is 0.250. The molecule has 0 fully saturated rings. The first kappa shape index (κ1) is 19.9.